The summed E-state index contributed by atoms with van der Waals surface area (Å²) < 4.78 is 5.12. The fourth-order valence-electron chi connectivity index (χ4n) is 3.06. The fourth-order valence-corrected chi connectivity index (χ4v) is 3.25. The number of ether oxygens (including phenoxy) is 1. The number of anilines is 1. The first kappa shape index (κ1) is 14.1. The van der Waals surface area contributed by atoms with Gasteiger partial charge in [0, 0.05) is 10.7 Å². The summed E-state index contributed by atoms with van der Waals surface area (Å²) >= 11 is 5.83. The van der Waals surface area contributed by atoms with E-state index in [1.165, 1.54) is 0 Å². The molecule has 0 unspecified atom stereocenters. The summed E-state index contributed by atoms with van der Waals surface area (Å²) in [4.78, 5) is 23.7. The molecule has 1 aromatic rings. The Balaban J connectivity index is 1.47. The molecular formula is C16H16ClNO3. The number of rotatable bonds is 4. The first-order chi connectivity index (χ1) is 10.1. The Morgan fingerprint density at radius 1 is 1.29 bits per heavy atom. The zero-order valence-electron chi connectivity index (χ0n) is 11.4. The Labute approximate surface area is 128 Å². The van der Waals surface area contributed by atoms with Gasteiger partial charge in [-0.05, 0) is 42.9 Å². The fraction of sp³-hybridized carbons (Fsp3) is 0.375. The minimum Gasteiger partial charge on any atom is -0.455 e. The van der Waals surface area contributed by atoms with Crippen LogP contribution >= 0.6 is 11.6 Å². The van der Waals surface area contributed by atoms with Gasteiger partial charge in [-0.15, -0.1) is 0 Å². The van der Waals surface area contributed by atoms with Crippen LogP contribution < -0.4 is 5.32 Å². The van der Waals surface area contributed by atoms with E-state index in [2.05, 4.69) is 17.5 Å². The molecule has 0 aliphatic heterocycles. The molecule has 3 rings (SSSR count). The summed E-state index contributed by atoms with van der Waals surface area (Å²) in [6.45, 7) is -0.261. The van der Waals surface area contributed by atoms with Crippen molar-refractivity contribution in [2.75, 3.05) is 11.9 Å². The molecule has 5 heteroatoms. The predicted octanol–water partition coefficient (Wildman–Crippen LogP) is 3.03. The van der Waals surface area contributed by atoms with Crippen LogP contribution in [0.5, 0.6) is 0 Å². The van der Waals surface area contributed by atoms with Gasteiger partial charge in [0.15, 0.2) is 6.61 Å². The van der Waals surface area contributed by atoms with Crippen molar-refractivity contribution in [1.29, 1.82) is 0 Å². The van der Waals surface area contributed by atoms with Crippen molar-refractivity contribution >= 4 is 29.2 Å². The third kappa shape index (κ3) is 3.27. The molecule has 1 saturated carbocycles. The summed E-state index contributed by atoms with van der Waals surface area (Å²) in [5, 5.41) is 3.19. The number of esters is 1. The molecule has 0 radical (unpaired) electrons. The topological polar surface area (TPSA) is 55.4 Å². The zero-order valence-corrected chi connectivity index (χ0v) is 12.2. The second-order valence-electron chi connectivity index (χ2n) is 5.55. The van der Waals surface area contributed by atoms with Gasteiger partial charge in [-0.2, -0.15) is 0 Å². The molecule has 1 fully saturated rings. The molecule has 0 saturated heterocycles. The second-order valence-corrected chi connectivity index (χ2v) is 5.99. The molecule has 0 heterocycles. The molecule has 0 aromatic heterocycles. The zero-order chi connectivity index (χ0) is 14.8. The minimum atomic E-state index is -0.357. The van der Waals surface area contributed by atoms with Crippen LogP contribution in [0.15, 0.2) is 36.4 Å². The van der Waals surface area contributed by atoms with E-state index >= 15 is 0 Å². The average molecular weight is 306 g/mol. The van der Waals surface area contributed by atoms with Crippen molar-refractivity contribution < 1.29 is 14.3 Å². The maximum atomic E-state index is 12.0. The average Bonchev–Trinajstić information content (AvgIpc) is 3.07. The smallest absolute Gasteiger partial charge is 0.310 e. The van der Waals surface area contributed by atoms with Crippen LogP contribution in [0.3, 0.4) is 0 Å². The number of benzene rings is 1. The monoisotopic (exact) mass is 305 g/mol. The Hall–Kier alpha value is -1.81. The normalized spacial score (nSPS) is 25.9. The highest BCUT2D eigenvalue weighted by atomic mass is 35.5. The maximum Gasteiger partial charge on any atom is 0.310 e. The summed E-state index contributed by atoms with van der Waals surface area (Å²) in [6, 6.07) is 6.83. The first-order valence-corrected chi connectivity index (χ1v) is 7.40. The number of allylic oxidation sites excluding steroid dienone is 2. The Morgan fingerprint density at radius 3 is 2.81 bits per heavy atom. The highest BCUT2D eigenvalue weighted by Gasteiger charge is 2.40. The molecule has 4 nitrogen and oxygen atoms in total. The van der Waals surface area contributed by atoms with Gasteiger partial charge >= 0.3 is 5.97 Å². The lowest BCUT2D eigenvalue weighted by Gasteiger charge is -2.16. The summed E-state index contributed by atoms with van der Waals surface area (Å²) in [5.41, 5.74) is 0.589. The minimum absolute atomic E-state index is 0.0843. The van der Waals surface area contributed by atoms with Gasteiger partial charge in [-0.1, -0.05) is 29.8 Å². The molecule has 2 aliphatic carbocycles. The largest absolute Gasteiger partial charge is 0.455 e. The van der Waals surface area contributed by atoms with E-state index in [-0.39, 0.29) is 24.4 Å². The van der Waals surface area contributed by atoms with E-state index in [4.69, 9.17) is 16.3 Å². The molecule has 1 aromatic carbocycles. The standard InChI is InChI=1S/C16H16ClNO3/c17-12-2-1-3-13(8-12)18-15(19)9-21-16(20)14-7-10-4-5-11(14)6-10/h1-5,8,10-11,14H,6-7,9H2,(H,18,19)/t10-,11+,14+/m0/s1. The van der Waals surface area contributed by atoms with Gasteiger partial charge in [0.1, 0.15) is 0 Å². The molecule has 2 aliphatic rings. The van der Waals surface area contributed by atoms with E-state index in [9.17, 15) is 9.59 Å². The summed E-state index contributed by atoms with van der Waals surface area (Å²) in [5.74, 6) is 0.0858. The van der Waals surface area contributed by atoms with E-state index in [0.717, 1.165) is 12.8 Å². The number of hydrogen-bond acceptors (Lipinski definition) is 3. The number of carbonyl (C=O) groups excluding carboxylic acids is 2. The van der Waals surface area contributed by atoms with Crippen LogP contribution in [0.4, 0.5) is 5.69 Å². The number of fused-ring (bicyclic) bond motifs is 2. The van der Waals surface area contributed by atoms with Crippen molar-refractivity contribution in [2.45, 2.75) is 12.8 Å². The Morgan fingerprint density at radius 2 is 2.14 bits per heavy atom. The third-order valence-electron chi connectivity index (χ3n) is 4.04. The first-order valence-electron chi connectivity index (χ1n) is 7.02. The number of hydrogen-bond donors (Lipinski definition) is 1. The highest BCUT2D eigenvalue weighted by Crippen LogP contribution is 2.43. The lowest BCUT2D eigenvalue weighted by molar-refractivity contribution is -0.152. The molecule has 0 spiro atoms. The van der Waals surface area contributed by atoms with Gasteiger partial charge in [0.2, 0.25) is 0 Å². The van der Waals surface area contributed by atoms with Gasteiger partial charge < -0.3 is 10.1 Å². The van der Waals surface area contributed by atoms with Gasteiger partial charge in [-0.3, -0.25) is 9.59 Å². The van der Waals surface area contributed by atoms with Crippen LogP contribution in [-0.2, 0) is 14.3 Å². The molecule has 1 amide bonds. The van der Waals surface area contributed by atoms with Crippen molar-refractivity contribution in [3.63, 3.8) is 0 Å². The molecule has 110 valence electrons. The Kier molecular flexibility index (Phi) is 3.97. The van der Waals surface area contributed by atoms with Gasteiger partial charge in [0.05, 0.1) is 5.92 Å². The summed E-state index contributed by atoms with van der Waals surface area (Å²) in [6.07, 6.45) is 6.14. The van der Waals surface area contributed by atoms with E-state index in [0.29, 0.717) is 22.5 Å². The molecule has 1 N–H and O–H groups in total. The van der Waals surface area contributed by atoms with E-state index < -0.39 is 0 Å². The number of halogens is 1. The second kappa shape index (κ2) is 5.90. The van der Waals surface area contributed by atoms with E-state index in [1.54, 1.807) is 24.3 Å². The SMILES string of the molecule is O=C(COC(=O)[C@@H]1C[C@H]2C=C[C@@H]1C2)Nc1cccc(Cl)c1. The van der Waals surface area contributed by atoms with Crippen molar-refractivity contribution in [1.82, 2.24) is 0 Å². The third-order valence-corrected chi connectivity index (χ3v) is 4.27. The quantitative estimate of drug-likeness (QED) is 0.687. The van der Waals surface area contributed by atoms with Gasteiger partial charge in [-0.25, -0.2) is 0 Å². The number of nitrogens with one attached hydrogen (secondary N) is 1. The lowest BCUT2D eigenvalue weighted by atomic mass is 9.94. The van der Waals surface area contributed by atoms with Crippen molar-refractivity contribution in [3.05, 3.63) is 41.4 Å². The molecular weight excluding hydrogens is 290 g/mol. The maximum absolute atomic E-state index is 12.0. The lowest BCUT2D eigenvalue weighted by Crippen LogP contribution is -2.26. The van der Waals surface area contributed by atoms with Crippen LogP contribution in [0.1, 0.15) is 12.8 Å². The van der Waals surface area contributed by atoms with Crippen molar-refractivity contribution in [3.8, 4) is 0 Å². The van der Waals surface area contributed by atoms with Gasteiger partial charge in [0.25, 0.3) is 5.91 Å². The van der Waals surface area contributed by atoms with Crippen LogP contribution in [0.25, 0.3) is 0 Å². The van der Waals surface area contributed by atoms with Crippen LogP contribution in [0, 0.1) is 17.8 Å². The summed E-state index contributed by atoms with van der Waals surface area (Å²) in [7, 11) is 0. The molecule has 21 heavy (non-hydrogen) atoms. The predicted molar refractivity (Wildman–Crippen MR) is 79.9 cm³/mol. The van der Waals surface area contributed by atoms with E-state index in [1.807, 2.05) is 0 Å². The molecule has 3 atom stereocenters. The number of amides is 1. The van der Waals surface area contributed by atoms with Crippen LogP contribution in [0.2, 0.25) is 5.02 Å². The van der Waals surface area contributed by atoms with Crippen LogP contribution in [-0.4, -0.2) is 18.5 Å². The Bertz CT molecular complexity index is 599. The van der Waals surface area contributed by atoms with Crippen molar-refractivity contribution in [2.24, 2.45) is 17.8 Å². The highest BCUT2D eigenvalue weighted by molar-refractivity contribution is 6.30. The number of carbonyl (C=O) groups is 2. The molecule has 2 bridgehead atoms.